The molecule has 1 aromatic carbocycles. The molecule has 0 aliphatic carbocycles. The Morgan fingerprint density at radius 2 is 1.74 bits per heavy atom. The van der Waals surface area contributed by atoms with Gasteiger partial charge in [0.15, 0.2) is 0 Å². The van der Waals surface area contributed by atoms with Gasteiger partial charge in [-0.25, -0.2) is 4.98 Å². The lowest BCUT2D eigenvalue weighted by Crippen LogP contribution is -2.56. The number of hydrogen-bond donors (Lipinski definition) is 4. The molecule has 0 radical (unpaired) electrons. The van der Waals surface area contributed by atoms with Gasteiger partial charge in [-0.2, -0.15) is 0 Å². The van der Waals surface area contributed by atoms with Gasteiger partial charge in [-0.05, 0) is 64.5 Å². The van der Waals surface area contributed by atoms with Crippen molar-refractivity contribution in [1.82, 2.24) is 31.2 Å². The maximum atomic E-state index is 13.5. The first-order chi connectivity index (χ1) is 18.3. The number of aromatic nitrogens is 2. The molecule has 4 amide bonds. The van der Waals surface area contributed by atoms with Gasteiger partial charge in [0.1, 0.15) is 11.7 Å². The van der Waals surface area contributed by atoms with Gasteiger partial charge < -0.3 is 21.3 Å². The Kier molecular flexibility index (Phi) is 9.71. The largest absolute Gasteiger partial charge is 0.356 e. The van der Waals surface area contributed by atoms with E-state index in [-0.39, 0.29) is 30.4 Å². The normalized spacial score (nSPS) is 17.2. The molecule has 0 bridgehead atoms. The average Bonchev–Trinajstić information content (AvgIpc) is 2.87. The molecule has 0 saturated carbocycles. The highest BCUT2D eigenvalue weighted by Gasteiger charge is 2.36. The third-order valence-corrected chi connectivity index (χ3v) is 6.28. The molecule has 4 N–H and O–H groups in total. The molecule has 1 saturated heterocycles. The third-order valence-electron chi connectivity index (χ3n) is 6.28. The molecule has 2 heterocycles. The van der Waals surface area contributed by atoms with E-state index in [1.807, 2.05) is 19.9 Å². The number of carbonyl (C=O) groups is 5. The van der Waals surface area contributed by atoms with Crippen molar-refractivity contribution in [3.63, 3.8) is 0 Å². The fourth-order valence-electron chi connectivity index (χ4n) is 4.41. The van der Waals surface area contributed by atoms with Crippen LogP contribution in [0, 0.1) is 11.8 Å². The van der Waals surface area contributed by atoms with Gasteiger partial charge in [-0.1, -0.05) is 26.0 Å². The summed E-state index contributed by atoms with van der Waals surface area (Å²) in [5, 5.41) is 10.8. The predicted molar refractivity (Wildman–Crippen MR) is 145 cm³/mol. The molecule has 1 aliphatic heterocycles. The van der Waals surface area contributed by atoms with E-state index in [2.05, 4.69) is 31.2 Å². The average molecular weight is 539 g/mol. The fourth-order valence-corrected chi connectivity index (χ4v) is 4.41. The summed E-state index contributed by atoms with van der Waals surface area (Å²) >= 11 is 0. The molecule has 2 aromatic rings. The highest BCUT2D eigenvalue weighted by Crippen LogP contribution is 2.19. The number of fused-ring (bicyclic) bond motifs is 1. The lowest BCUT2D eigenvalue weighted by atomic mass is 9.89. The summed E-state index contributed by atoms with van der Waals surface area (Å²) in [7, 11) is 0. The molecule has 1 fully saturated rings. The highest BCUT2D eigenvalue weighted by atomic mass is 16.2. The molecule has 3 rings (SSSR count). The zero-order chi connectivity index (χ0) is 28.7. The van der Waals surface area contributed by atoms with Crippen LogP contribution in [0.25, 0.3) is 11.0 Å². The first-order valence-electron chi connectivity index (χ1n) is 13.3. The molecule has 0 spiro atoms. The maximum Gasteiger partial charge on any atom is 0.290 e. The van der Waals surface area contributed by atoms with Gasteiger partial charge in [-0.15, -0.1) is 0 Å². The molecule has 0 unspecified atom stereocenters. The Morgan fingerprint density at radius 1 is 1.05 bits per heavy atom. The minimum Gasteiger partial charge on any atom is -0.356 e. The minimum atomic E-state index is -1.24. The Hall–Kier alpha value is -3.89. The topological polar surface area (TPSA) is 159 Å². The van der Waals surface area contributed by atoms with Crippen molar-refractivity contribution in [2.75, 3.05) is 6.54 Å². The van der Waals surface area contributed by atoms with Gasteiger partial charge >= 0.3 is 0 Å². The zero-order valence-corrected chi connectivity index (χ0v) is 23.2. The van der Waals surface area contributed by atoms with Crippen LogP contribution in [0.1, 0.15) is 70.8 Å². The molecular formula is C28H38N6O5. The standard InChI is InChI=1S/C28H38N6O5/c1-16(2)13-21(33-26(38)22-15-30-18-10-6-7-11-19(18)31-22)25(37)32-20(14-17-9-8-12-29-24(17)36)23(35)27(39)34-28(3,4)5/h6-7,10-11,15-17,20-21H,8-9,12-14H2,1-5H3,(H,29,36)(H,32,37)(H,33,38)(H,34,39)/t17-,20-,21-/m0/s1. The Balaban J connectivity index is 1.80. The Labute approximate surface area is 228 Å². The van der Waals surface area contributed by atoms with Crippen molar-refractivity contribution < 1.29 is 24.0 Å². The van der Waals surface area contributed by atoms with E-state index in [9.17, 15) is 24.0 Å². The van der Waals surface area contributed by atoms with E-state index in [1.165, 1.54) is 6.20 Å². The number of Topliss-reactive ketones (excluding diaryl/α,β-unsaturated/α-hetero) is 1. The number of piperidine rings is 1. The molecule has 1 aliphatic rings. The van der Waals surface area contributed by atoms with Crippen molar-refractivity contribution >= 4 is 40.4 Å². The van der Waals surface area contributed by atoms with Crippen LogP contribution in [0.4, 0.5) is 0 Å². The number of nitrogens with one attached hydrogen (secondary N) is 4. The summed E-state index contributed by atoms with van der Waals surface area (Å²) in [6.45, 7) is 9.56. The molecule has 1 aromatic heterocycles. The first kappa shape index (κ1) is 29.7. The van der Waals surface area contributed by atoms with E-state index >= 15 is 0 Å². The van der Waals surface area contributed by atoms with E-state index in [1.54, 1.807) is 39.0 Å². The van der Waals surface area contributed by atoms with Crippen LogP contribution in [0.5, 0.6) is 0 Å². The van der Waals surface area contributed by atoms with Crippen molar-refractivity contribution in [3.05, 3.63) is 36.2 Å². The second-order valence-electron chi connectivity index (χ2n) is 11.4. The number of benzene rings is 1. The van der Waals surface area contributed by atoms with Gasteiger partial charge in [-0.3, -0.25) is 29.0 Å². The summed E-state index contributed by atoms with van der Waals surface area (Å²) in [4.78, 5) is 73.4. The second kappa shape index (κ2) is 12.8. The molecule has 11 heteroatoms. The third kappa shape index (κ3) is 8.56. The zero-order valence-electron chi connectivity index (χ0n) is 23.2. The lowest BCUT2D eigenvalue weighted by Gasteiger charge is -2.28. The number of hydrogen-bond acceptors (Lipinski definition) is 7. The molecular weight excluding hydrogens is 500 g/mol. The number of carbonyl (C=O) groups excluding carboxylic acids is 5. The fraction of sp³-hybridized carbons (Fsp3) is 0.536. The van der Waals surface area contributed by atoms with Crippen LogP contribution in [-0.4, -0.2) is 63.5 Å². The Morgan fingerprint density at radius 3 is 2.38 bits per heavy atom. The summed E-state index contributed by atoms with van der Waals surface area (Å²) in [6, 6.07) is 4.87. The van der Waals surface area contributed by atoms with Gasteiger partial charge in [0, 0.05) is 18.0 Å². The van der Waals surface area contributed by atoms with E-state index in [4.69, 9.17) is 0 Å². The first-order valence-corrected chi connectivity index (χ1v) is 13.3. The number of ketones is 1. The number of rotatable bonds is 10. The van der Waals surface area contributed by atoms with Crippen LogP contribution in [-0.2, 0) is 19.2 Å². The molecule has 11 nitrogen and oxygen atoms in total. The van der Waals surface area contributed by atoms with Crippen molar-refractivity contribution in [3.8, 4) is 0 Å². The van der Waals surface area contributed by atoms with E-state index in [0.717, 1.165) is 6.42 Å². The monoisotopic (exact) mass is 538 g/mol. The van der Waals surface area contributed by atoms with Crippen molar-refractivity contribution in [2.24, 2.45) is 11.8 Å². The molecule has 39 heavy (non-hydrogen) atoms. The van der Waals surface area contributed by atoms with Gasteiger partial charge in [0.2, 0.25) is 17.6 Å². The summed E-state index contributed by atoms with van der Waals surface area (Å²) in [6.07, 6.45) is 2.87. The van der Waals surface area contributed by atoms with Crippen LogP contribution >= 0.6 is 0 Å². The number of para-hydroxylation sites is 2. The Bertz CT molecular complexity index is 1240. The van der Waals surface area contributed by atoms with Crippen molar-refractivity contribution in [2.45, 2.75) is 77.9 Å². The highest BCUT2D eigenvalue weighted by molar-refractivity contribution is 6.38. The smallest absolute Gasteiger partial charge is 0.290 e. The lowest BCUT2D eigenvalue weighted by molar-refractivity contribution is -0.142. The molecule has 3 atom stereocenters. The van der Waals surface area contributed by atoms with Crippen LogP contribution in [0.15, 0.2) is 30.5 Å². The predicted octanol–water partition coefficient (Wildman–Crippen LogP) is 1.66. The number of amides is 4. The van der Waals surface area contributed by atoms with Gasteiger partial charge in [0.05, 0.1) is 23.3 Å². The van der Waals surface area contributed by atoms with E-state index < -0.39 is 47.0 Å². The second-order valence-corrected chi connectivity index (χ2v) is 11.4. The van der Waals surface area contributed by atoms with Crippen LogP contribution in [0.3, 0.4) is 0 Å². The summed E-state index contributed by atoms with van der Waals surface area (Å²) in [5.74, 6) is -3.62. The minimum absolute atomic E-state index is 0.0196. The van der Waals surface area contributed by atoms with Crippen LogP contribution in [0.2, 0.25) is 0 Å². The van der Waals surface area contributed by atoms with Crippen molar-refractivity contribution in [1.29, 1.82) is 0 Å². The van der Waals surface area contributed by atoms with E-state index in [0.29, 0.717) is 24.0 Å². The van der Waals surface area contributed by atoms with Gasteiger partial charge in [0.25, 0.3) is 11.8 Å². The quantitative estimate of drug-likeness (QED) is 0.335. The van der Waals surface area contributed by atoms with Crippen LogP contribution < -0.4 is 21.3 Å². The number of nitrogens with zero attached hydrogens (tertiary/aromatic N) is 2. The summed E-state index contributed by atoms with van der Waals surface area (Å²) in [5.41, 5.74) is 0.549. The maximum absolute atomic E-state index is 13.5. The SMILES string of the molecule is CC(C)C[C@H](NC(=O)c1cnc2ccccc2n1)C(=O)N[C@@H](C[C@@H]1CCCNC1=O)C(=O)C(=O)NC(C)(C)C. The molecule has 210 valence electrons. The summed E-state index contributed by atoms with van der Waals surface area (Å²) < 4.78 is 0.